The predicted octanol–water partition coefficient (Wildman–Crippen LogP) is 2.25. The van der Waals surface area contributed by atoms with E-state index in [0.717, 1.165) is 0 Å². The minimum absolute atomic E-state index is 0.0678. The zero-order valence-electron chi connectivity index (χ0n) is 8.70. The van der Waals surface area contributed by atoms with Crippen molar-refractivity contribution in [3.63, 3.8) is 0 Å². The molecule has 0 atom stereocenters. The van der Waals surface area contributed by atoms with Gasteiger partial charge in [0.1, 0.15) is 0 Å². The van der Waals surface area contributed by atoms with Crippen LogP contribution in [0, 0.1) is 0 Å². The van der Waals surface area contributed by atoms with Gasteiger partial charge in [-0.1, -0.05) is 6.07 Å². The van der Waals surface area contributed by atoms with E-state index in [-0.39, 0.29) is 6.42 Å². The normalized spacial score (nSPS) is 9.88. The minimum atomic E-state index is -0.907. The number of aliphatic carboxylic acids is 1. The second kappa shape index (κ2) is 5.65. The highest BCUT2D eigenvalue weighted by atomic mass is 79.9. The molecule has 1 aromatic rings. The molecular weight excluding hydrogens is 276 g/mol. The molecule has 16 heavy (non-hydrogen) atoms. The smallest absolute Gasteiger partial charge is 0.339 e. The summed E-state index contributed by atoms with van der Waals surface area (Å²) in [6, 6.07) is 4.77. The van der Waals surface area contributed by atoms with Gasteiger partial charge < -0.3 is 9.84 Å². The number of carbonyl (C=O) groups is 2. The van der Waals surface area contributed by atoms with E-state index in [1.807, 2.05) is 0 Å². The van der Waals surface area contributed by atoms with E-state index < -0.39 is 11.9 Å². The molecule has 0 unspecified atom stereocenters. The van der Waals surface area contributed by atoms with Crippen LogP contribution in [0.25, 0.3) is 0 Å². The number of hydrogen-bond acceptors (Lipinski definition) is 3. The third kappa shape index (κ3) is 3.34. The van der Waals surface area contributed by atoms with Gasteiger partial charge in [-0.2, -0.15) is 0 Å². The van der Waals surface area contributed by atoms with E-state index in [1.165, 1.54) is 0 Å². The van der Waals surface area contributed by atoms with Crippen LogP contribution in [0.3, 0.4) is 0 Å². The molecule has 0 radical (unpaired) electrons. The molecule has 0 saturated carbocycles. The van der Waals surface area contributed by atoms with Crippen molar-refractivity contribution in [2.45, 2.75) is 13.3 Å². The molecule has 0 bridgehead atoms. The first-order valence-electron chi connectivity index (χ1n) is 4.72. The van der Waals surface area contributed by atoms with E-state index in [0.29, 0.717) is 22.2 Å². The molecule has 5 heteroatoms. The molecule has 1 aromatic carbocycles. The highest BCUT2D eigenvalue weighted by Crippen LogP contribution is 2.20. The molecule has 86 valence electrons. The lowest BCUT2D eigenvalue weighted by Crippen LogP contribution is -2.06. The number of benzene rings is 1. The maximum Gasteiger partial charge on any atom is 0.339 e. The molecule has 0 aliphatic carbocycles. The SMILES string of the molecule is CCOC(=O)c1ccc(CC(=O)O)cc1Br. The minimum Gasteiger partial charge on any atom is -0.481 e. The Morgan fingerprint density at radius 1 is 1.44 bits per heavy atom. The van der Waals surface area contributed by atoms with Gasteiger partial charge >= 0.3 is 11.9 Å². The molecule has 0 saturated heterocycles. The molecular formula is C11H11BrO4. The zero-order valence-corrected chi connectivity index (χ0v) is 10.3. The Balaban J connectivity index is 2.91. The fraction of sp³-hybridized carbons (Fsp3) is 0.273. The lowest BCUT2D eigenvalue weighted by molar-refractivity contribution is -0.136. The van der Waals surface area contributed by atoms with Crippen molar-refractivity contribution in [2.24, 2.45) is 0 Å². The second-order valence-corrected chi connectivity index (χ2v) is 3.96. The third-order valence-electron chi connectivity index (χ3n) is 1.88. The fourth-order valence-electron chi connectivity index (χ4n) is 1.22. The van der Waals surface area contributed by atoms with Gasteiger partial charge in [-0.25, -0.2) is 4.79 Å². The molecule has 4 nitrogen and oxygen atoms in total. The van der Waals surface area contributed by atoms with E-state index in [2.05, 4.69) is 15.9 Å². The monoisotopic (exact) mass is 286 g/mol. The van der Waals surface area contributed by atoms with Gasteiger partial charge in [0.15, 0.2) is 0 Å². The van der Waals surface area contributed by atoms with Gasteiger partial charge in [0.25, 0.3) is 0 Å². The summed E-state index contributed by atoms with van der Waals surface area (Å²) in [5, 5.41) is 8.61. The molecule has 0 spiro atoms. The lowest BCUT2D eigenvalue weighted by Gasteiger charge is -2.05. The Kier molecular flexibility index (Phi) is 4.49. The average Bonchev–Trinajstić information content (AvgIpc) is 2.16. The summed E-state index contributed by atoms with van der Waals surface area (Å²) in [4.78, 5) is 21.9. The average molecular weight is 287 g/mol. The standard InChI is InChI=1S/C11H11BrO4/c1-2-16-11(15)8-4-3-7(5-9(8)12)6-10(13)14/h3-5H,2,6H2,1H3,(H,13,14). The summed E-state index contributed by atoms with van der Waals surface area (Å²) in [6.45, 7) is 2.03. The summed E-state index contributed by atoms with van der Waals surface area (Å²) < 4.78 is 5.39. The predicted molar refractivity (Wildman–Crippen MR) is 61.4 cm³/mol. The number of ether oxygens (including phenoxy) is 1. The largest absolute Gasteiger partial charge is 0.481 e. The Morgan fingerprint density at radius 2 is 2.12 bits per heavy atom. The van der Waals surface area contributed by atoms with Crippen molar-refractivity contribution < 1.29 is 19.4 Å². The zero-order chi connectivity index (χ0) is 12.1. The van der Waals surface area contributed by atoms with Crippen LogP contribution in [0.5, 0.6) is 0 Å². The molecule has 1 N–H and O–H groups in total. The molecule has 0 aromatic heterocycles. The van der Waals surface area contributed by atoms with Crippen molar-refractivity contribution >= 4 is 27.9 Å². The number of hydrogen-bond donors (Lipinski definition) is 1. The summed E-state index contributed by atoms with van der Waals surface area (Å²) in [5.41, 5.74) is 1.03. The molecule has 0 fully saturated rings. The Morgan fingerprint density at radius 3 is 2.62 bits per heavy atom. The third-order valence-corrected chi connectivity index (χ3v) is 2.54. The van der Waals surface area contributed by atoms with Crippen LogP contribution in [0.2, 0.25) is 0 Å². The van der Waals surface area contributed by atoms with Gasteiger partial charge in [-0.3, -0.25) is 4.79 Å². The van der Waals surface area contributed by atoms with Crippen molar-refractivity contribution in [3.05, 3.63) is 33.8 Å². The first-order chi connectivity index (χ1) is 7.54. The van der Waals surface area contributed by atoms with Crippen molar-refractivity contribution in [3.8, 4) is 0 Å². The van der Waals surface area contributed by atoms with E-state index in [1.54, 1.807) is 25.1 Å². The first kappa shape index (κ1) is 12.7. The first-order valence-corrected chi connectivity index (χ1v) is 5.51. The Bertz CT molecular complexity index is 414. The highest BCUT2D eigenvalue weighted by Gasteiger charge is 2.12. The maximum atomic E-state index is 11.4. The van der Waals surface area contributed by atoms with Crippen molar-refractivity contribution in [1.29, 1.82) is 0 Å². The van der Waals surface area contributed by atoms with Crippen LogP contribution in [-0.4, -0.2) is 23.7 Å². The number of carboxylic acids is 1. The highest BCUT2D eigenvalue weighted by molar-refractivity contribution is 9.10. The van der Waals surface area contributed by atoms with Gasteiger partial charge in [-0.15, -0.1) is 0 Å². The van der Waals surface area contributed by atoms with Crippen LogP contribution in [0.1, 0.15) is 22.8 Å². The number of rotatable bonds is 4. The van der Waals surface area contributed by atoms with Crippen LogP contribution in [-0.2, 0) is 16.0 Å². The summed E-state index contributed by atoms with van der Waals surface area (Å²) >= 11 is 3.21. The van der Waals surface area contributed by atoms with Gasteiger partial charge in [0.2, 0.25) is 0 Å². The van der Waals surface area contributed by atoms with Gasteiger partial charge in [0, 0.05) is 4.47 Å². The second-order valence-electron chi connectivity index (χ2n) is 3.11. The molecule has 0 aliphatic rings. The lowest BCUT2D eigenvalue weighted by atomic mass is 10.1. The number of esters is 1. The van der Waals surface area contributed by atoms with Crippen LogP contribution < -0.4 is 0 Å². The Labute approximate surface area is 101 Å². The summed E-state index contributed by atoms with van der Waals surface area (Å²) in [6.07, 6.45) is -0.0678. The van der Waals surface area contributed by atoms with Gasteiger partial charge in [0.05, 0.1) is 18.6 Å². The number of halogens is 1. The van der Waals surface area contributed by atoms with Crippen molar-refractivity contribution in [1.82, 2.24) is 0 Å². The van der Waals surface area contributed by atoms with Gasteiger partial charge in [-0.05, 0) is 40.5 Å². The van der Waals surface area contributed by atoms with Crippen molar-refractivity contribution in [2.75, 3.05) is 6.61 Å². The van der Waals surface area contributed by atoms with Crippen LogP contribution in [0.15, 0.2) is 22.7 Å². The molecule has 1 rings (SSSR count). The topological polar surface area (TPSA) is 63.6 Å². The van der Waals surface area contributed by atoms with Crippen LogP contribution in [0.4, 0.5) is 0 Å². The summed E-state index contributed by atoms with van der Waals surface area (Å²) in [5.74, 6) is -1.33. The van der Waals surface area contributed by atoms with E-state index in [9.17, 15) is 9.59 Å². The van der Waals surface area contributed by atoms with E-state index >= 15 is 0 Å². The fourth-order valence-corrected chi connectivity index (χ4v) is 1.81. The Hall–Kier alpha value is -1.36. The summed E-state index contributed by atoms with van der Waals surface area (Å²) in [7, 11) is 0. The quantitative estimate of drug-likeness (QED) is 0.863. The molecule has 0 heterocycles. The van der Waals surface area contributed by atoms with Crippen LogP contribution >= 0.6 is 15.9 Å². The molecule has 0 amide bonds. The maximum absolute atomic E-state index is 11.4. The molecule has 0 aliphatic heterocycles. The van der Waals surface area contributed by atoms with E-state index in [4.69, 9.17) is 9.84 Å². The number of carbonyl (C=O) groups excluding carboxylic acids is 1. The number of carboxylic acid groups (broad SMARTS) is 1.